The van der Waals surface area contributed by atoms with Crippen LogP contribution in [0.2, 0.25) is 0 Å². The average Bonchev–Trinajstić information content (AvgIpc) is 2.30. The highest BCUT2D eigenvalue weighted by molar-refractivity contribution is 5.93. The molecule has 1 amide bonds. The second-order valence-corrected chi connectivity index (χ2v) is 3.05. The molecule has 0 radical (unpaired) electrons. The van der Waals surface area contributed by atoms with Crippen LogP contribution >= 0.6 is 0 Å². The van der Waals surface area contributed by atoms with Crippen LogP contribution in [-0.4, -0.2) is 15.7 Å². The Morgan fingerprint density at radius 3 is 2.50 bits per heavy atom. The third-order valence-corrected chi connectivity index (χ3v) is 1.80. The summed E-state index contributed by atoms with van der Waals surface area (Å²) in [5.41, 5.74) is 6.47. The van der Waals surface area contributed by atoms with Crippen LogP contribution in [0, 0.1) is 6.92 Å². The maximum absolute atomic E-state index is 10.8. The van der Waals surface area contributed by atoms with Crippen LogP contribution in [0.1, 0.15) is 35.9 Å². The van der Waals surface area contributed by atoms with Gasteiger partial charge in [-0.15, -0.1) is 0 Å². The molecule has 2 N–H and O–H groups in total. The lowest BCUT2D eigenvalue weighted by Gasteiger charge is -2.07. The molecule has 1 aromatic heterocycles. The smallest absolute Gasteiger partial charge is 0.252 e. The summed E-state index contributed by atoms with van der Waals surface area (Å²) in [6.07, 6.45) is 1.51. The van der Waals surface area contributed by atoms with Gasteiger partial charge in [-0.2, -0.15) is 5.10 Å². The molecule has 0 fully saturated rings. The number of primary amides is 1. The van der Waals surface area contributed by atoms with Gasteiger partial charge >= 0.3 is 0 Å². The van der Waals surface area contributed by atoms with Crippen LogP contribution in [-0.2, 0) is 0 Å². The maximum atomic E-state index is 10.8. The minimum Gasteiger partial charge on any atom is -0.365 e. The molecular formula is C8H13N3O. The molecule has 0 atom stereocenters. The number of rotatable bonds is 2. The van der Waals surface area contributed by atoms with Crippen molar-refractivity contribution in [1.29, 1.82) is 0 Å². The second kappa shape index (κ2) is 2.97. The largest absolute Gasteiger partial charge is 0.365 e. The van der Waals surface area contributed by atoms with Crippen LogP contribution in [0.4, 0.5) is 0 Å². The van der Waals surface area contributed by atoms with Crippen molar-refractivity contribution in [2.75, 3.05) is 0 Å². The number of nitrogens with zero attached hydrogens (tertiary/aromatic N) is 2. The van der Waals surface area contributed by atoms with Crippen LogP contribution in [0.25, 0.3) is 0 Å². The molecule has 4 nitrogen and oxygen atoms in total. The summed E-state index contributed by atoms with van der Waals surface area (Å²) in [4.78, 5) is 10.8. The van der Waals surface area contributed by atoms with Crippen LogP contribution in [0.15, 0.2) is 6.20 Å². The Morgan fingerprint density at radius 2 is 2.25 bits per heavy atom. The summed E-state index contributed by atoms with van der Waals surface area (Å²) in [6, 6.07) is 0.262. The maximum Gasteiger partial charge on any atom is 0.252 e. The molecule has 1 heterocycles. The molecule has 0 saturated heterocycles. The molecule has 0 aliphatic heterocycles. The first-order chi connectivity index (χ1) is 5.54. The van der Waals surface area contributed by atoms with Crippen molar-refractivity contribution in [3.05, 3.63) is 17.5 Å². The van der Waals surface area contributed by atoms with Crippen LogP contribution < -0.4 is 5.73 Å². The van der Waals surface area contributed by atoms with Crippen molar-refractivity contribution in [2.24, 2.45) is 5.73 Å². The van der Waals surface area contributed by atoms with Crippen molar-refractivity contribution in [3.8, 4) is 0 Å². The van der Waals surface area contributed by atoms with E-state index in [1.807, 2.05) is 20.8 Å². The van der Waals surface area contributed by atoms with Crippen LogP contribution in [0.3, 0.4) is 0 Å². The average molecular weight is 167 g/mol. The molecule has 0 aliphatic rings. The predicted molar refractivity (Wildman–Crippen MR) is 45.9 cm³/mol. The van der Waals surface area contributed by atoms with Crippen LogP contribution in [0.5, 0.6) is 0 Å². The third-order valence-electron chi connectivity index (χ3n) is 1.80. The van der Waals surface area contributed by atoms with Crippen molar-refractivity contribution < 1.29 is 4.79 Å². The molecule has 4 heteroatoms. The zero-order valence-electron chi connectivity index (χ0n) is 7.53. The Hall–Kier alpha value is -1.32. The van der Waals surface area contributed by atoms with Crippen molar-refractivity contribution in [2.45, 2.75) is 26.8 Å². The van der Waals surface area contributed by atoms with Gasteiger partial charge in [0.1, 0.15) is 0 Å². The number of nitrogens with two attached hydrogens (primary N) is 1. The summed E-state index contributed by atoms with van der Waals surface area (Å²) >= 11 is 0. The van der Waals surface area contributed by atoms with Gasteiger partial charge in [-0.3, -0.25) is 9.48 Å². The van der Waals surface area contributed by atoms with Gasteiger partial charge in [0.2, 0.25) is 0 Å². The molecule has 0 bridgehead atoms. The zero-order valence-corrected chi connectivity index (χ0v) is 7.53. The number of hydrogen-bond acceptors (Lipinski definition) is 2. The third kappa shape index (κ3) is 1.32. The molecule has 0 unspecified atom stereocenters. The second-order valence-electron chi connectivity index (χ2n) is 3.05. The van der Waals surface area contributed by atoms with E-state index < -0.39 is 5.91 Å². The summed E-state index contributed by atoms with van der Waals surface area (Å²) in [7, 11) is 0. The monoisotopic (exact) mass is 167 g/mol. The number of aromatic nitrogens is 2. The number of carbonyl (C=O) groups excluding carboxylic acids is 1. The first-order valence-electron chi connectivity index (χ1n) is 3.88. The molecule has 0 spiro atoms. The fraction of sp³-hybridized carbons (Fsp3) is 0.500. The van der Waals surface area contributed by atoms with Gasteiger partial charge in [0, 0.05) is 11.7 Å². The number of hydrogen-bond donors (Lipinski definition) is 1. The van der Waals surface area contributed by atoms with Gasteiger partial charge in [0.25, 0.3) is 5.91 Å². The number of carbonyl (C=O) groups is 1. The van der Waals surface area contributed by atoms with Gasteiger partial charge in [-0.1, -0.05) is 0 Å². The van der Waals surface area contributed by atoms with E-state index in [1.54, 1.807) is 4.68 Å². The molecule has 0 aliphatic carbocycles. The summed E-state index contributed by atoms with van der Waals surface area (Å²) in [5.74, 6) is -0.417. The Labute approximate surface area is 71.4 Å². The molecule has 0 aromatic carbocycles. The number of amides is 1. The van der Waals surface area contributed by atoms with Gasteiger partial charge in [-0.25, -0.2) is 0 Å². The van der Waals surface area contributed by atoms with Gasteiger partial charge in [-0.05, 0) is 20.8 Å². The summed E-state index contributed by atoms with van der Waals surface area (Å²) in [5, 5.41) is 4.05. The minimum atomic E-state index is -0.417. The summed E-state index contributed by atoms with van der Waals surface area (Å²) in [6.45, 7) is 5.85. The minimum absolute atomic E-state index is 0.262. The van der Waals surface area contributed by atoms with E-state index in [9.17, 15) is 4.79 Å². The lowest BCUT2D eigenvalue weighted by molar-refractivity contribution is 0.0999. The standard InChI is InChI=1S/C8H13N3O/c1-5(2)11-6(3)7(4-10-11)8(9)12/h4-5H,1-3H3,(H2,9,12). The fourth-order valence-corrected chi connectivity index (χ4v) is 1.19. The zero-order chi connectivity index (χ0) is 9.30. The first-order valence-corrected chi connectivity index (χ1v) is 3.88. The Morgan fingerprint density at radius 1 is 1.67 bits per heavy atom. The van der Waals surface area contributed by atoms with E-state index in [0.29, 0.717) is 5.56 Å². The summed E-state index contributed by atoms with van der Waals surface area (Å²) < 4.78 is 1.78. The molecular weight excluding hydrogens is 154 g/mol. The van der Waals surface area contributed by atoms with Gasteiger partial charge in [0.05, 0.1) is 11.8 Å². The Balaban J connectivity index is 3.13. The van der Waals surface area contributed by atoms with Crippen molar-refractivity contribution in [1.82, 2.24) is 9.78 Å². The Bertz CT molecular complexity index is 301. The SMILES string of the molecule is Cc1c(C(N)=O)cnn1C(C)C. The van der Waals surface area contributed by atoms with E-state index in [0.717, 1.165) is 5.69 Å². The van der Waals surface area contributed by atoms with E-state index in [2.05, 4.69) is 5.10 Å². The van der Waals surface area contributed by atoms with E-state index in [4.69, 9.17) is 5.73 Å². The van der Waals surface area contributed by atoms with Gasteiger partial charge in [0.15, 0.2) is 0 Å². The molecule has 66 valence electrons. The highest BCUT2D eigenvalue weighted by Gasteiger charge is 2.11. The van der Waals surface area contributed by atoms with E-state index in [-0.39, 0.29) is 6.04 Å². The van der Waals surface area contributed by atoms with E-state index in [1.165, 1.54) is 6.20 Å². The predicted octanol–water partition coefficient (Wildman–Crippen LogP) is 0.871. The van der Waals surface area contributed by atoms with Crippen molar-refractivity contribution >= 4 is 5.91 Å². The Kier molecular flexibility index (Phi) is 2.17. The highest BCUT2D eigenvalue weighted by atomic mass is 16.1. The molecule has 0 saturated carbocycles. The fourth-order valence-electron chi connectivity index (χ4n) is 1.19. The van der Waals surface area contributed by atoms with Crippen molar-refractivity contribution in [3.63, 3.8) is 0 Å². The first kappa shape index (κ1) is 8.77. The topological polar surface area (TPSA) is 60.9 Å². The molecule has 12 heavy (non-hydrogen) atoms. The van der Waals surface area contributed by atoms with Gasteiger partial charge < -0.3 is 5.73 Å². The highest BCUT2D eigenvalue weighted by Crippen LogP contribution is 2.11. The normalized spacial score (nSPS) is 10.7. The van der Waals surface area contributed by atoms with E-state index >= 15 is 0 Å². The molecule has 1 aromatic rings. The quantitative estimate of drug-likeness (QED) is 0.710. The lowest BCUT2D eigenvalue weighted by Crippen LogP contribution is -2.13. The molecule has 1 rings (SSSR count). The lowest BCUT2D eigenvalue weighted by atomic mass is 10.2.